The van der Waals surface area contributed by atoms with Crippen molar-refractivity contribution in [3.8, 4) is 0 Å². The highest BCUT2D eigenvalue weighted by atomic mass is 16.5. The topological polar surface area (TPSA) is 82.0 Å². The molecule has 1 fully saturated rings. The molecule has 0 aliphatic carbocycles. The minimum atomic E-state index is -0.766. The van der Waals surface area contributed by atoms with Crippen LogP contribution in [0.1, 0.15) is 0 Å². The van der Waals surface area contributed by atoms with Gasteiger partial charge in [0.2, 0.25) is 0 Å². The summed E-state index contributed by atoms with van der Waals surface area (Å²) in [5.41, 5.74) is 0. The van der Waals surface area contributed by atoms with Crippen LogP contribution < -0.4 is 5.32 Å². The first-order chi connectivity index (χ1) is 5.74. The second-order valence-corrected chi connectivity index (χ2v) is 2.96. The molecule has 5 nitrogen and oxygen atoms in total. The Morgan fingerprint density at radius 2 is 2.25 bits per heavy atom. The Bertz CT molecular complexity index is 133. The number of aliphatic hydroxyl groups is 3. The summed E-state index contributed by atoms with van der Waals surface area (Å²) in [6.07, 6.45) is -1.27. The van der Waals surface area contributed by atoms with Gasteiger partial charge in [-0.05, 0) is 0 Å². The molecule has 4 N–H and O–H groups in total. The summed E-state index contributed by atoms with van der Waals surface area (Å²) in [5, 5.41) is 29.6. The summed E-state index contributed by atoms with van der Waals surface area (Å²) in [6, 6.07) is -0.119. The molecule has 1 rings (SSSR count). The molecule has 0 spiro atoms. The maximum atomic E-state index is 9.24. The molecule has 0 aromatic carbocycles. The minimum absolute atomic E-state index is 0.119. The Balaban J connectivity index is 2.13. The van der Waals surface area contributed by atoms with E-state index in [0.29, 0.717) is 13.2 Å². The van der Waals surface area contributed by atoms with Crippen LogP contribution in [0.4, 0.5) is 0 Å². The molecule has 72 valence electrons. The lowest BCUT2D eigenvalue weighted by Crippen LogP contribution is -2.43. The predicted octanol–water partition coefficient (Wildman–Crippen LogP) is -2.31. The maximum Gasteiger partial charge on any atom is 0.0948 e. The van der Waals surface area contributed by atoms with Gasteiger partial charge in [0.15, 0.2) is 0 Å². The van der Waals surface area contributed by atoms with Gasteiger partial charge in [0.25, 0.3) is 0 Å². The van der Waals surface area contributed by atoms with Crippen molar-refractivity contribution >= 4 is 0 Å². The van der Waals surface area contributed by atoms with Gasteiger partial charge in [-0.2, -0.15) is 0 Å². The predicted molar refractivity (Wildman–Crippen MR) is 41.7 cm³/mol. The van der Waals surface area contributed by atoms with Gasteiger partial charge in [-0.15, -0.1) is 0 Å². The van der Waals surface area contributed by atoms with E-state index in [0.717, 1.165) is 0 Å². The number of aliphatic hydroxyl groups excluding tert-OH is 3. The van der Waals surface area contributed by atoms with Crippen molar-refractivity contribution in [3.63, 3.8) is 0 Å². The zero-order valence-electron chi connectivity index (χ0n) is 6.81. The Hall–Kier alpha value is -0.200. The standard InChI is InChI=1S/C7H15NO4/c9-2-5(10)1-8-6-3-12-4-7(6)11/h5-11H,1-4H2. The van der Waals surface area contributed by atoms with Crippen LogP contribution in [0.5, 0.6) is 0 Å². The quantitative estimate of drug-likeness (QED) is 0.388. The number of hydrogen-bond donors (Lipinski definition) is 4. The number of nitrogens with one attached hydrogen (secondary N) is 1. The molecular weight excluding hydrogens is 162 g/mol. The fraction of sp³-hybridized carbons (Fsp3) is 1.00. The van der Waals surface area contributed by atoms with E-state index in [9.17, 15) is 5.11 Å². The van der Waals surface area contributed by atoms with Crippen LogP contribution in [0, 0.1) is 0 Å². The van der Waals surface area contributed by atoms with E-state index in [-0.39, 0.29) is 19.2 Å². The lowest BCUT2D eigenvalue weighted by Gasteiger charge is -2.16. The van der Waals surface area contributed by atoms with E-state index in [2.05, 4.69) is 5.32 Å². The average Bonchev–Trinajstić information content (AvgIpc) is 2.47. The molecule has 0 aromatic heterocycles. The minimum Gasteiger partial charge on any atom is -0.394 e. The van der Waals surface area contributed by atoms with Crippen LogP contribution >= 0.6 is 0 Å². The van der Waals surface area contributed by atoms with E-state index in [1.165, 1.54) is 0 Å². The zero-order valence-corrected chi connectivity index (χ0v) is 6.81. The zero-order chi connectivity index (χ0) is 8.97. The SMILES string of the molecule is OCC(O)CNC1COCC1O. The molecular formula is C7H15NO4. The van der Waals surface area contributed by atoms with Gasteiger partial charge >= 0.3 is 0 Å². The largest absolute Gasteiger partial charge is 0.394 e. The third kappa shape index (κ3) is 2.69. The first-order valence-electron chi connectivity index (χ1n) is 4.02. The fourth-order valence-corrected chi connectivity index (χ4v) is 1.09. The van der Waals surface area contributed by atoms with Crippen molar-refractivity contribution in [1.29, 1.82) is 0 Å². The summed E-state index contributed by atoms with van der Waals surface area (Å²) in [4.78, 5) is 0. The molecule has 5 heteroatoms. The average molecular weight is 177 g/mol. The summed E-state index contributed by atoms with van der Waals surface area (Å²) in [6.45, 7) is 0.810. The van der Waals surface area contributed by atoms with E-state index in [1.54, 1.807) is 0 Å². The molecule has 1 heterocycles. The van der Waals surface area contributed by atoms with Gasteiger partial charge < -0.3 is 25.4 Å². The van der Waals surface area contributed by atoms with Crippen LogP contribution in [0.25, 0.3) is 0 Å². The Morgan fingerprint density at radius 3 is 2.75 bits per heavy atom. The van der Waals surface area contributed by atoms with Gasteiger partial charge in [-0.3, -0.25) is 0 Å². The van der Waals surface area contributed by atoms with Crippen molar-refractivity contribution in [2.45, 2.75) is 18.2 Å². The van der Waals surface area contributed by atoms with Crippen LogP contribution in [-0.2, 0) is 4.74 Å². The van der Waals surface area contributed by atoms with E-state index < -0.39 is 12.2 Å². The highest BCUT2D eigenvalue weighted by Gasteiger charge is 2.25. The van der Waals surface area contributed by atoms with E-state index >= 15 is 0 Å². The lowest BCUT2D eigenvalue weighted by molar-refractivity contribution is 0.0844. The number of ether oxygens (including phenoxy) is 1. The van der Waals surface area contributed by atoms with Gasteiger partial charge in [-0.1, -0.05) is 0 Å². The van der Waals surface area contributed by atoms with Crippen molar-refractivity contribution < 1.29 is 20.1 Å². The van der Waals surface area contributed by atoms with Gasteiger partial charge in [-0.25, -0.2) is 0 Å². The van der Waals surface area contributed by atoms with Gasteiger partial charge in [0, 0.05) is 6.54 Å². The maximum absolute atomic E-state index is 9.24. The highest BCUT2D eigenvalue weighted by Crippen LogP contribution is 2.04. The van der Waals surface area contributed by atoms with Crippen LogP contribution in [0.3, 0.4) is 0 Å². The number of rotatable bonds is 4. The van der Waals surface area contributed by atoms with Gasteiger partial charge in [0.05, 0.1) is 38.1 Å². The first-order valence-corrected chi connectivity index (χ1v) is 4.02. The smallest absolute Gasteiger partial charge is 0.0948 e. The molecule has 0 aromatic rings. The second-order valence-electron chi connectivity index (χ2n) is 2.96. The summed E-state index contributed by atoms with van der Waals surface area (Å²) in [7, 11) is 0. The van der Waals surface area contributed by atoms with Crippen LogP contribution in [0.2, 0.25) is 0 Å². The van der Waals surface area contributed by atoms with E-state index in [4.69, 9.17) is 14.9 Å². The molecule has 12 heavy (non-hydrogen) atoms. The normalized spacial score (nSPS) is 32.2. The molecule has 0 saturated carbocycles. The molecule has 1 saturated heterocycles. The molecule has 3 atom stereocenters. The van der Waals surface area contributed by atoms with Gasteiger partial charge in [0.1, 0.15) is 0 Å². The molecule has 0 bridgehead atoms. The molecule has 3 unspecified atom stereocenters. The molecule has 0 amide bonds. The summed E-state index contributed by atoms with van der Waals surface area (Å²) >= 11 is 0. The monoisotopic (exact) mass is 177 g/mol. The van der Waals surface area contributed by atoms with Crippen LogP contribution in [0.15, 0.2) is 0 Å². The highest BCUT2D eigenvalue weighted by molar-refractivity contribution is 4.81. The fourth-order valence-electron chi connectivity index (χ4n) is 1.09. The molecule has 1 aliphatic rings. The Kier molecular flexibility index (Phi) is 3.90. The first kappa shape index (κ1) is 9.88. The Morgan fingerprint density at radius 1 is 1.50 bits per heavy atom. The molecule has 0 radical (unpaired) electrons. The number of hydrogen-bond acceptors (Lipinski definition) is 5. The molecule has 1 aliphatic heterocycles. The van der Waals surface area contributed by atoms with Crippen molar-refractivity contribution in [3.05, 3.63) is 0 Å². The third-order valence-corrected chi connectivity index (χ3v) is 1.88. The van der Waals surface area contributed by atoms with Crippen molar-refractivity contribution in [1.82, 2.24) is 5.32 Å². The summed E-state index contributed by atoms with van der Waals surface area (Å²) in [5.74, 6) is 0. The second kappa shape index (κ2) is 4.74. The summed E-state index contributed by atoms with van der Waals surface area (Å²) < 4.78 is 4.98. The van der Waals surface area contributed by atoms with Crippen molar-refractivity contribution in [2.75, 3.05) is 26.4 Å². The van der Waals surface area contributed by atoms with Crippen LogP contribution in [-0.4, -0.2) is 59.9 Å². The Labute approximate surface area is 71.0 Å². The van der Waals surface area contributed by atoms with E-state index in [1.807, 2.05) is 0 Å². The van der Waals surface area contributed by atoms with Crippen molar-refractivity contribution in [2.24, 2.45) is 0 Å². The lowest BCUT2D eigenvalue weighted by atomic mass is 10.2. The third-order valence-electron chi connectivity index (χ3n) is 1.88.